The lowest BCUT2D eigenvalue weighted by Crippen LogP contribution is -2.58. The summed E-state index contributed by atoms with van der Waals surface area (Å²) in [7, 11) is 1.89. The van der Waals surface area contributed by atoms with Gasteiger partial charge in [-0.3, -0.25) is 9.48 Å². The first-order chi connectivity index (χ1) is 12.3. The maximum Gasteiger partial charge on any atom is 0.232 e. The molecule has 1 N–H and O–H groups in total. The smallest absolute Gasteiger partial charge is 0.232 e. The number of nitrogens with one attached hydrogen (secondary N) is 1. The first kappa shape index (κ1) is 18.6. The molecule has 0 aromatic carbocycles. The Morgan fingerprint density at radius 2 is 2.04 bits per heavy atom. The second kappa shape index (κ2) is 6.88. The van der Waals surface area contributed by atoms with E-state index in [1.54, 1.807) is 10.7 Å². The molecular weight excluding hydrogens is 348 g/mol. The number of carbonyl (C=O) groups excluding carboxylic acids is 1. The second-order valence-corrected chi connectivity index (χ2v) is 7.55. The lowest BCUT2D eigenvalue weighted by Gasteiger charge is -2.44. The molecule has 0 saturated heterocycles. The first-order valence-corrected chi connectivity index (χ1v) is 9.38. The number of hydrogen-bond donors (Lipinski definition) is 1. The molecule has 1 aliphatic rings. The number of amides is 1. The van der Waals surface area contributed by atoms with E-state index in [2.05, 4.69) is 21.5 Å². The topological polar surface area (TPSA) is 59.8 Å². The maximum absolute atomic E-state index is 13.1. The van der Waals surface area contributed by atoms with Gasteiger partial charge in [0.25, 0.3) is 0 Å². The first-order valence-electron chi connectivity index (χ1n) is 9.00. The predicted octanol–water partition coefficient (Wildman–Crippen LogP) is 3.97. The van der Waals surface area contributed by atoms with Gasteiger partial charge >= 0.3 is 0 Å². The third-order valence-corrected chi connectivity index (χ3v) is 5.71. The fraction of sp³-hybridized carbons (Fsp3) is 0.450. The Bertz CT molecular complexity index is 853. The van der Waals surface area contributed by atoms with E-state index in [1.165, 1.54) is 0 Å². The SMILES string of the molecule is CCC1(CC)C(=O)NC(C)(C/C=C/c2cnn(C)c2)c2ccc(Cl)nc21. The second-order valence-electron chi connectivity index (χ2n) is 7.16. The quantitative estimate of drug-likeness (QED) is 0.807. The molecule has 2 aromatic heterocycles. The lowest BCUT2D eigenvalue weighted by atomic mass is 9.68. The van der Waals surface area contributed by atoms with E-state index in [4.69, 9.17) is 11.6 Å². The fourth-order valence-electron chi connectivity index (χ4n) is 3.81. The molecule has 1 unspecified atom stereocenters. The van der Waals surface area contributed by atoms with E-state index < -0.39 is 11.0 Å². The summed E-state index contributed by atoms with van der Waals surface area (Å²) in [6, 6.07) is 3.80. The molecule has 3 rings (SSSR count). The van der Waals surface area contributed by atoms with Crippen LogP contribution in [0.15, 0.2) is 30.6 Å². The Morgan fingerprint density at radius 3 is 2.65 bits per heavy atom. The molecule has 0 saturated carbocycles. The summed E-state index contributed by atoms with van der Waals surface area (Å²) in [6.45, 7) is 6.10. The third-order valence-electron chi connectivity index (χ3n) is 5.50. The number of nitrogens with zero attached hydrogens (tertiary/aromatic N) is 3. The van der Waals surface area contributed by atoms with E-state index in [9.17, 15) is 4.79 Å². The van der Waals surface area contributed by atoms with Crippen molar-refractivity contribution in [3.8, 4) is 0 Å². The Hall–Kier alpha value is -2.14. The fourth-order valence-corrected chi connectivity index (χ4v) is 3.96. The molecule has 6 heteroatoms. The van der Waals surface area contributed by atoms with Crippen LogP contribution < -0.4 is 5.32 Å². The Balaban J connectivity index is 2.00. The molecule has 0 aliphatic carbocycles. The number of aromatic nitrogens is 3. The van der Waals surface area contributed by atoms with Crippen molar-refractivity contribution in [2.75, 3.05) is 0 Å². The predicted molar refractivity (Wildman–Crippen MR) is 104 cm³/mol. The zero-order valence-corrected chi connectivity index (χ0v) is 16.5. The van der Waals surface area contributed by atoms with Crippen LogP contribution in [0.5, 0.6) is 0 Å². The minimum atomic E-state index is -0.618. The summed E-state index contributed by atoms with van der Waals surface area (Å²) in [4.78, 5) is 17.7. The van der Waals surface area contributed by atoms with Gasteiger partial charge < -0.3 is 5.32 Å². The van der Waals surface area contributed by atoms with Crippen LogP contribution in [0.2, 0.25) is 5.15 Å². The van der Waals surface area contributed by atoms with E-state index in [-0.39, 0.29) is 5.91 Å². The number of pyridine rings is 1. The molecule has 1 amide bonds. The van der Waals surface area contributed by atoms with Crippen molar-refractivity contribution in [1.29, 1.82) is 0 Å². The zero-order valence-electron chi connectivity index (χ0n) is 15.7. The highest BCUT2D eigenvalue weighted by molar-refractivity contribution is 6.29. The van der Waals surface area contributed by atoms with Crippen LogP contribution in [0.4, 0.5) is 0 Å². The largest absolute Gasteiger partial charge is 0.346 e. The van der Waals surface area contributed by atoms with Crippen LogP contribution in [0.25, 0.3) is 6.08 Å². The van der Waals surface area contributed by atoms with Crippen molar-refractivity contribution in [2.45, 2.75) is 51.0 Å². The average Bonchev–Trinajstić information content (AvgIpc) is 3.01. The molecule has 0 spiro atoms. The molecule has 1 aliphatic heterocycles. The normalized spacial score (nSPS) is 21.7. The van der Waals surface area contributed by atoms with Gasteiger partial charge in [-0.25, -0.2) is 4.98 Å². The van der Waals surface area contributed by atoms with E-state index >= 15 is 0 Å². The van der Waals surface area contributed by atoms with Crippen LogP contribution >= 0.6 is 11.6 Å². The molecule has 0 bridgehead atoms. The van der Waals surface area contributed by atoms with Gasteiger partial charge in [-0.15, -0.1) is 0 Å². The third kappa shape index (κ3) is 3.05. The van der Waals surface area contributed by atoms with Gasteiger partial charge in [0.2, 0.25) is 5.91 Å². The molecule has 138 valence electrons. The average molecular weight is 373 g/mol. The Morgan fingerprint density at radius 1 is 1.31 bits per heavy atom. The van der Waals surface area contributed by atoms with Gasteiger partial charge in [-0.2, -0.15) is 5.10 Å². The molecule has 3 heterocycles. The Labute approximate surface area is 159 Å². The van der Waals surface area contributed by atoms with Crippen molar-refractivity contribution in [1.82, 2.24) is 20.1 Å². The van der Waals surface area contributed by atoms with E-state index in [1.807, 2.05) is 52.4 Å². The number of halogens is 1. The van der Waals surface area contributed by atoms with Crippen LogP contribution in [0, 0.1) is 0 Å². The van der Waals surface area contributed by atoms with Crippen LogP contribution in [-0.4, -0.2) is 20.7 Å². The molecule has 26 heavy (non-hydrogen) atoms. The maximum atomic E-state index is 13.1. The molecular formula is C20H25ClN4O. The Kier molecular flexibility index (Phi) is 4.93. The molecule has 0 radical (unpaired) electrons. The lowest BCUT2D eigenvalue weighted by molar-refractivity contribution is -0.130. The molecule has 5 nitrogen and oxygen atoms in total. The summed E-state index contributed by atoms with van der Waals surface area (Å²) >= 11 is 6.18. The van der Waals surface area contributed by atoms with Gasteiger partial charge in [-0.1, -0.05) is 43.7 Å². The van der Waals surface area contributed by atoms with Gasteiger partial charge in [0.05, 0.1) is 22.8 Å². The summed E-state index contributed by atoms with van der Waals surface area (Å²) in [6.07, 6.45) is 9.90. The summed E-state index contributed by atoms with van der Waals surface area (Å²) in [5.41, 5.74) is 1.75. The minimum absolute atomic E-state index is 0.0297. The summed E-state index contributed by atoms with van der Waals surface area (Å²) < 4.78 is 1.77. The van der Waals surface area contributed by atoms with Crippen LogP contribution in [-0.2, 0) is 22.8 Å². The van der Waals surface area contributed by atoms with Gasteiger partial charge in [0.1, 0.15) is 5.15 Å². The highest BCUT2D eigenvalue weighted by atomic mass is 35.5. The highest BCUT2D eigenvalue weighted by Gasteiger charge is 2.49. The van der Waals surface area contributed by atoms with Crippen molar-refractivity contribution in [2.24, 2.45) is 7.05 Å². The van der Waals surface area contributed by atoms with E-state index in [0.717, 1.165) is 16.8 Å². The minimum Gasteiger partial charge on any atom is -0.346 e. The summed E-state index contributed by atoms with van der Waals surface area (Å²) in [5, 5.41) is 7.86. The van der Waals surface area contributed by atoms with Crippen molar-refractivity contribution >= 4 is 23.6 Å². The number of hydrogen-bond acceptors (Lipinski definition) is 3. The van der Waals surface area contributed by atoms with Gasteiger partial charge in [0, 0.05) is 24.4 Å². The number of aryl methyl sites for hydroxylation is 1. The van der Waals surface area contributed by atoms with Gasteiger partial charge in [0.15, 0.2) is 0 Å². The van der Waals surface area contributed by atoms with Crippen molar-refractivity contribution < 1.29 is 4.79 Å². The number of carbonyl (C=O) groups is 1. The van der Waals surface area contributed by atoms with Crippen LogP contribution in [0.1, 0.15) is 56.9 Å². The summed E-state index contributed by atoms with van der Waals surface area (Å²) in [5.74, 6) is 0.0297. The van der Waals surface area contributed by atoms with Gasteiger partial charge in [-0.05, 0) is 32.3 Å². The monoisotopic (exact) mass is 372 g/mol. The molecule has 0 fully saturated rings. The number of fused-ring (bicyclic) bond motifs is 1. The van der Waals surface area contributed by atoms with Crippen molar-refractivity contribution in [3.63, 3.8) is 0 Å². The van der Waals surface area contributed by atoms with Crippen LogP contribution in [0.3, 0.4) is 0 Å². The standard InChI is InChI=1S/C20H25ClN4O/c1-5-20(6-2)17-15(9-10-16(21)23-17)19(3,24-18(20)26)11-7-8-14-12-22-25(4)13-14/h7-10,12-13H,5-6,11H2,1-4H3,(H,24,26)/b8-7+. The van der Waals surface area contributed by atoms with Crippen molar-refractivity contribution in [3.05, 3.63) is 52.6 Å². The number of rotatable bonds is 5. The molecule has 2 aromatic rings. The molecule has 1 atom stereocenters. The zero-order chi connectivity index (χ0) is 18.9. The highest BCUT2D eigenvalue weighted by Crippen LogP contribution is 2.43. The van der Waals surface area contributed by atoms with E-state index in [0.29, 0.717) is 24.4 Å².